The summed E-state index contributed by atoms with van der Waals surface area (Å²) in [5, 5.41) is 0. The van der Waals surface area contributed by atoms with Crippen molar-refractivity contribution in [2.24, 2.45) is 0 Å². The minimum atomic E-state index is -0.420. The topological polar surface area (TPSA) is 43.4 Å². The molecule has 0 aliphatic heterocycles. The van der Waals surface area contributed by atoms with E-state index in [1.54, 1.807) is 12.1 Å². The molecule has 1 aliphatic rings. The Morgan fingerprint density at radius 1 is 1.24 bits per heavy atom. The number of halogens is 1. The highest BCUT2D eigenvalue weighted by Crippen LogP contribution is 2.32. The summed E-state index contributed by atoms with van der Waals surface area (Å²) in [4.78, 5) is 22.6. The van der Waals surface area contributed by atoms with Crippen LogP contribution in [0.4, 0.5) is 4.39 Å². The first-order valence-electron chi connectivity index (χ1n) is 5.47. The van der Waals surface area contributed by atoms with Crippen LogP contribution in [0.2, 0.25) is 0 Å². The predicted octanol–water partition coefficient (Wildman–Crippen LogP) is 2.24. The lowest BCUT2D eigenvalue weighted by Crippen LogP contribution is -2.21. The van der Waals surface area contributed by atoms with Gasteiger partial charge in [0.15, 0.2) is 0 Å². The minimum Gasteiger partial charge on any atom is -0.497 e. The maximum atomic E-state index is 13.8. The zero-order valence-electron chi connectivity index (χ0n) is 9.53. The van der Waals surface area contributed by atoms with Crippen molar-refractivity contribution in [2.75, 3.05) is 7.11 Å². The van der Waals surface area contributed by atoms with Crippen LogP contribution in [0, 0.1) is 5.82 Å². The van der Waals surface area contributed by atoms with E-state index in [1.807, 2.05) is 0 Å². The first kappa shape index (κ1) is 11.8. The molecule has 0 N–H and O–H groups in total. The van der Waals surface area contributed by atoms with E-state index in [2.05, 4.69) is 0 Å². The molecule has 2 rings (SSSR count). The first-order chi connectivity index (χ1) is 8.10. The van der Waals surface area contributed by atoms with Crippen LogP contribution in [0.25, 0.3) is 0 Å². The van der Waals surface area contributed by atoms with Crippen molar-refractivity contribution in [3.63, 3.8) is 0 Å². The van der Waals surface area contributed by atoms with Gasteiger partial charge in [0, 0.05) is 24.8 Å². The third kappa shape index (κ3) is 2.52. The first-order valence-corrected chi connectivity index (χ1v) is 5.47. The van der Waals surface area contributed by atoms with Crippen molar-refractivity contribution < 1.29 is 18.7 Å². The van der Waals surface area contributed by atoms with Crippen LogP contribution in [0.1, 0.15) is 30.7 Å². The Hall–Kier alpha value is -1.71. The molecule has 0 spiro atoms. The van der Waals surface area contributed by atoms with Crippen LogP contribution in [-0.2, 0) is 9.59 Å². The molecule has 0 bridgehead atoms. The van der Waals surface area contributed by atoms with Crippen LogP contribution in [0.15, 0.2) is 18.2 Å². The Bertz CT molecular complexity index is 452. The van der Waals surface area contributed by atoms with Gasteiger partial charge in [-0.25, -0.2) is 4.39 Å². The van der Waals surface area contributed by atoms with Gasteiger partial charge in [0.05, 0.1) is 13.5 Å². The second-order valence-corrected chi connectivity index (χ2v) is 4.25. The molecule has 0 heterocycles. The van der Waals surface area contributed by atoms with E-state index in [1.165, 1.54) is 13.2 Å². The maximum absolute atomic E-state index is 13.8. The Kier molecular flexibility index (Phi) is 3.22. The van der Waals surface area contributed by atoms with Gasteiger partial charge < -0.3 is 4.74 Å². The van der Waals surface area contributed by atoms with Crippen molar-refractivity contribution in [1.82, 2.24) is 0 Å². The highest BCUT2D eigenvalue weighted by Gasteiger charge is 2.28. The highest BCUT2D eigenvalue weighted by molar-refractivity contribution is 6.02. The lowest BCUT2D eigenvalue weighted by Gasteiger charge is -2.21. The molecule has 90 valence electrons. The van der Waals surface area contributed by atoms with Crippen LogP contribution < -0.4 is 4.74 Å². The number of Topliss-reactive ketones (excluding diaryl/α,β-unsaturated/α-hetero) is 2. The van der Waals surface area contributed by atoms with Gasteiger partial charge in [-0.05, 0) is 11.6 Å². The molecule has 1 aromatic carbocycles. The van der Waals surface area contributed by atoms with Gasteiger partial charge in [-0.1, -0.05) is 6.07 Å². The molecule has 0 atom stereocenters. The van der Waals surface area contributed by atoms with Gasteiger partial charge in [-0.15, -0.1) is 0 Å². The summed E-state index contributed by atoms with van der Waals surface area (Å²) in [5.74, 6) is -0.533. The average Bonchev–Trinajstić information content (AvgIpc) is 2.27. The Morgan fingerprint density at radius 3 is 2.41 bits per heavy atom. The number of ketones is 2. The smallest absolute Gasteiger partial charge is 0.140 e. The van der Waals surface area contributed by atoms with E-state index >= 15 is 0 Å². The molecule has 17 heavy (non-hydrogen) atoms. The van der Waals surface area contributed by atoms with Gasteiger partial charge in [0.25, 0.3) is 0 Å². The standard InChI is InChI=1S/C13H13FO3/c1-17-11-2-3-12(13(14)7-11)8-4-9(15)6-10(16)5-8/h2-3,7-8H,4-6H2,1H3. The molecule has 0 saturated heterocycles. The normalized spacial score (nSPS) is 17.3. The van der Waals surface area contributed by atoms with Crippen molar-refractivity contribution >= 4 is 11.6 Å². The summed E-state index contributed by atoms with van der Waals surface area (Å²) in [5.41, 5.74) is 0.423. The number of methoxy groups -OCH3 is 1. The Labute approximate surface area is 98.6 Å². The fourth-order valence-electron chi connectivity index (χ4n) is 2.17. The van der Waals surface area contributed by atoms with Crippen LogP contribution >= 0.6 is 0 Å². The number of carbonyl (C=O) groups excluding carboxylic acids is 2. The minimum absolute atomic E-state index is 0.00568. The van der Waals surface area contributed by atoms with Crippen molar-refractivity contribution in [3.05, 3.63) is 29.6 Å². The SMILES string of the molecule is COc1ccc(C2CC(=O)CC(=O)C2)c(F)c1. The van der Waals surface area contributed by atoms with Crippen LogP contribution in [-0.4, -0.2) is 18.7 Å². The van der Waals surface area contributed by atoms with Crippen LogP contribution in [0.5, 0.6) is 5.75 Å². The fourth-order valence-corrected chi connectivity index (χ4v) is 2.17. The third-order valence-electron chi connectivity index (χ3n) is 2.99. The molecule has 0 amide bonds. The number of hydrogen-bond donors (Lipinski definition) is 0. The monoisotopic (exact) mass is 236 g/mol. The summed E-state index contributed by atoms with van der Waals surface area (Å²) in [6, 6.07) is 4.51. The van der Waals surface area contributed by atoms with Gasteiger partial charge in [-0.3, -0.25) is 9.59 Å². The number of hydrogen-bond acceptors (Lipinski definition) is 3. The summed E-state index contributed by atoms with van der Waals surface area (Å²) in [7, 11) is 1.46. The molecule has 0 aromatic heterocycles. The summed E-state index contributed by atoms with van der Waals surface area (Å²) in [6.45, 7) is 0. The molecule has 1 aromatic rings. The van der Waals surface area contributed by atoms with Gasteiger partial charge in [0.1, 0.15) is 23.1 Å². The zero-order chi connectivity index (χ0) is 12.4. The highest BCUT2D eigenvalue weighted by atomic mass is 19.1. The lowest BCUT2D eigenvalue weighted by atomic mass is 9.82. The zero-order valence-corrected chi connectivity index (χ0v) is 9.53. The van der Waals surface area contributed by atoms with E-state index in [0.29, 0.717) is 11.3 Å². The molecule has 4 heteroatoms. The predicted molar refractivity (Wildman–Crippen MR) is 59.6 cm³/mol. The fraction of sp³-hybridized carbons (Fsp3) is 0.385. The quantitative estimate of drug-likeness (QED) is 0.739. The molecule has 3 nitrogen and oxygen atoms in total. The number of rotatable bonds is 2. The van der Waals surface area contributed by atoms with Crippen molar-refractivity contribution in [3.8, 4) is 5.75 Å². The van der Waals surface area contributed by atoms with Crippen LogP contribution in [0.3, 0.4) is 0 Å². The third-order valence-corrected chi connectivity index (χ3v) is 2.99. The molecule has 1 saturated carbocycles. The molecule has 0 unspecified atom stereocenters. The molecule has 1 aliphatic carbocycles. The van der Waals surface area contributed by atoms with E-state index < -0.39 is 5.82 Å². The Morgan fingerprint density at radius 2 is 1.88 bits per heavy atom. The van der Waals surface area contributed by atoms with E-state index in [9.17, 15) is 14.0 Å². The van der Waals surface area contributed by atoms with E-state index in [-0.39, 0.29) is 36.7 Å². The Balaban J connectivity index is 2.27. The second kappa shape index (κ2) is 4.65. The molecular formula is C13H13FO3. The number of carbonyl (C=O) groups is 2. The number of benzene rings is 1. The summed E-state index contributed by atoms with van der Waals surface area (Å²) in [6.07, 6.45) is 0.484. The average molecular weight is 236 g/mol. The van der Waals surface area contributed by atoms with Gasteiger partial charge >= 0.3 is 0 Å². The van der Waals surface area contributed by atoms with Gasteiger partial charge in [-0.2, -0.15) is 0 Å². The molecular weight excluding hydrogens is 223 g/mol. The molecule has 0 radical (unpaired) electrons. The van der Waals surface area contributed by atoms with Crippen molar-refractivity contribution in [2.45, 2.75) is 25.2 Å². The van der Waals surface area contributed by atoms with E-state index in [0.717, 1.165) is 0 Å². The molecule has 1 fully saturated rings. The maximum Gasteiger partial charge on any atom is 0.140 e. The van der Waals surface area contributed by atoms with Gasteiger partial charge in [0.2, 0.25) is 0 Å². The summed E-state index contributed by atoms with van der Waals surface area (Å²) >= 11 is 0. The summed E-state index contributed by atoms with van der Waals surface area (Å²) < 4.78 is 18.7. The van der Waals surface area contributed by atoms with E-state index in [4.69, 9.17) is 4.74 Å². The lowest BCUT2D eigenvalue weighted by molar-refractivity contribution is -0.130. The second-order valence-electron chi connectivity index (χ2n) is 4.25. The van der Waals surface area contributed by atoms with Crippen molar-refractivity contribution in [1.29, 1.82) is 0 Å². The largest absolute Gasteiger partial charge is 0.497 e. The number of ether oxygens (including phenoxy) is 1.